The van der Waals surface area contributed by atoms with E-state index < -0.39 is 17.4 Å². The number of carboxylic acid groups (broad SMARTS) is 1. The Morgan fingerprint density at radius 1 is 0.915 bits per heavy atom. The number of benzene rings is 1. The Morgan fingerprint density at radius 3 is 2.30 bits per heavy atom. The van der Waals surface area contributed by atoms with Gasteiger partial charge in [-0.25, -0.2) is 9.59 Å². The average molecular weight is 648 g/mol. The lowest BCUT2D eigenvalue weighted by atomic mass is 9.33. The molecule has 47 heavy (non-hydrogen) atoms. The summed E-state index contributed by atoms with van der Waals surface area (Å²) in [6.45, 7) is 14.1. The summed E-state index contributed by atoms with van der Waals surface area (Å²) in [7, 11) is 1.42. The molecular formula is C39H53NO7. The van der Waals surface area contributed by atoms with Crippen LogP contribution < -0.4 is 5.32 Å². The molecule has 0 amide bonds. The molecule has 1 aromatic rings. The Balaban J connectivity index is 1.29. The van der Waals surface area contributed by atoms with Crippen LogP contribution in [-0.4, -0.2) is 54.6 Å². The highest BCUT2D eigenvalue weighted by molar-refractivity contribution is 6.02. The molecule has 2 N–H and O–H groups in total. The van der Waals surface area contributed by atoms with Crippen LogP contribution in [0.15, 0.2) is 35.9 Å². The molecule has 1 aromatic carbocycles. The summed E-state index contributed by atoms with van der Waals surface area (Å²) in [6.07, 6.45) is 10.2. The molecule has 0 aromatic heterocycles. The van der Waals surface area contributed by atoms with Crippen molar-refractivity contribution in [1.82, 2.24) is 5.32 Å². The van der Waals surface area contributed by atoms with E-state index in [0.717, 1.165) is 51.4 Å². The Bertz CT molecular complexity index is 1510. The largest absolute Gasteiger partial charge is 0.478 e. The van der Waals surface area contributed by atoms with Gasteiger partial charge >= 0.3 is 17.9 Å². The maximum absolute atomic E-state index is 14.7. The van der Waals surface area contributed by atoms with Crippen LogP contribution in [0.25, 0.3) is 0 Å². The van der Waals surface area contributed by atoms with Crippen molar-refractivity contribution in [3.8, 4) is 0 Å². The predicted octanol–water partition coefficient (Wildman–Crippen LogP) is 7.02. The minimum absolute atomic E-state index is 0.0554. The van der Waals surface area contributed by atoms with Crippen molar-refractivity contribution in [3.05, 3.63) is 47.0 Å². The summed E-state index contributed by atoms with van der Waals surface area (Å²) in [6, 6.07) is 6.43. The van der Waals surface area contributed by atoms with E-state index in [4.69, 9.17) is 9.47 Å². The molecule has 5 aliphatic carbocycles. The first kappa shape index (κ1) is 33.9. The van der Waals surface area contributed by atoms with Gasteiger partial charge in [0.05, 0.1) is 24.8 Å². The van der Waals surface area contributed by atoms with Crippen molar-refractivity contribution in [2.45, 2.75) is 111 Å². The van der Waals surface area contributed by atoms with Gasteiger partial charge in [0.15, 0.2) is 5.78 Å². The van der Waals surface area contributed by atoms with Crippen LogP contribution in [-0.2, 0) is 19.1 Å². The third-order valence-electron chi connectivity index (χ3n) is 14.6. The van der Waals surface area contributed by atoms with Crippen molar-refractivity contribution in [3.63, 3.8) is 0 Å². The Kier molecular flexibility index (Phi) is 8.33. The monoisotopic (exact) mass is 647 g/mol. The molecule has 3 unspecified atom stereocenters. The summed E-state index contributed by atoms with van der Waals surface area (Å²) in [5.74, 6) is -1.44. The number of ketones is 1. The van der Waals surface area contributed by atoms with Crippen LogP contribution in [0.3, 0.4) is 0 Å². The molecule has 8 nitrogen and oxygen atoms in total. The van der Waals surface area contributed by atoms with Gasteiger partial charge in [-0.05, 0) is 109 Å². The molecule has 0 radical (unpaired) electrons. The number of ether oxygens (including phenoxy) is 2. The summed E-state index contributed by atoms with van der Waals surface area (Å²) < 4.78 is 11.0. The first-order chi connectivity index (χ1) is 22.0. The predicted molar refractivity (Wildman–Crippen MR) is 178 cm³/mol. The fraction of sp³-hybridized carbons (Fsp3) is 0.692. The van der Waals surface area contributed by atoms with Crippen molar-refractivity contribution in [2.24, 2.45) is 44.8 Å². The van der Waals surface area contributed by atoms with Crippen LogP contribution in [0.2, 0.25) is 0 Å². The van der Waals surface area contributed by atoms with Crippen molar-refractivity contribution >= 4 is 23.7 Å². The second-order valence-corrected chi connectivity index (χ2v) is 17.0. The van der Waals surface area contributed by atoms with Crippen LogP contribution in [0.4, 0.5) is 0 Å². The number of fused-ring (bicyclic) bond motifs is 7. The zero-order chi connectivity index (χ0) is 34.2. The van der Waals surface area contributed by atoms with E-state index in [2.05, 4.69) is 52.9 Å². The normalized spacial score (nSPS) is 40.4. The fourth-order valence-electron chi connectivity index (χ4n) is 11.7. The third-order valence-corrected chi connectivity index (χ3v) is 14.6. The highest BCUT2D eigenvalue weighted by atomic mass is 16.5. The molecule has 0 spiro atoms. The molecule has 4 saturated carbocycles. The van der Waals surface area contributed by atoms with E-state index in [1.54, 1.807) is 12.1 Å². The second-order valence-electron chi connectivity index (χ2n) is 17.0. The Morgan fingerprint density at radius 2 is 1.62 bits per heavy atom. The molecule has 4 fully saturated rings. The number of rotatable bonds is 6. The van der Waals surface area contributed by atoms with Crippen LogP contribution >= 0.6 is 0 Å². The molecule has 8 heteroatoms. The van der Waals surface area contributed by atoms with E-state index >= 15 is 0 Å². The number of carbonyl (C=O) groups excluding carboxylic acids is 3. The second kappa shape index (κ2) is 11.6. The molecule has 0 heterocycles. The summed E-state index contributed by atoms with van der Waals surface area (Å²) >= 11 is 0. The topological polar surface area (TPSA) is 119 Å². The van der Waals surface area contributed by atoms with Crippen LogP contribution in [0.1, 0.15) is 120 Å². The third kappa shape index (κ3) is 5.10. The SMILES string of the molecule is COC(=O)CN[C@H]1CC[C@]2(C)CC[C@]3(C)C(=CC(=O)C4[C@@]5(C)CC[C@H](OC(=O)c6ccccc6C(=O)O)C(C)(C)C5CC[C@]43C)C2C1. The minimum Gasteiger partial charge on any atom is -0.478 e. The highest BCUT2D eigenvalue weighted by Gasteiger charge is 2.70. The number of carboxylic acids is 1. The molecule has 5 aliphatic rings. The molecule has 9 atom stereocenters. The van der Waals surface area contributed by atoms with Gasteiger partial charge in [0.25, 0.3) is 0 Å². The smallest absolute Gasteiger partial charge is 0.339 e. The van der Waals surface area contributed by atoms with Crippen LogP contribution in [0, 0.1) is 44.8 Å². The lowest BCUT2D eigenvalue weighted by Gasteiger charge is -2.70. The van der Waals surface area contributed by atoms with Gasteiger partial charge in [-0.2, -0.15) is 0 Å². The Labute approximate surface area is 279 Å². The van der Waals surface area contributed by atoms with E-state index in [1.165, 1.54) is 24.8 Å². The van der Waals surface area contributed by atoms with Gasteiger partial charge in [-0.3, -0.25) is 9.59 Å². The quantitative estimate of drug-likeness (QED) is 0.317. The van der Waals surface area contributed by atoms with Gasteiger partial charge in [-0.15, -0.1) is 0 Å². The number of aromatic carboxylic acids is 1. The zero-order valence-electron chi connectivity index (χ0n) is 29.2. The minimum atomic E-state index is -1.15. The number of nitrogens with one attached hydrogen (secondary N) is 1. The number of hydrogen-bond acceptors (Lipinski definition) is 7. The number of hydrogen-bond donors (Lipinski definition) is 2. The molecule has 256 valence electrons. The van der Waals surface area contributed by atoms with Gasteiger partial charge in [0, 0.05) is 17.4 Å². The van der Waals surface area contributed by atoms with E-state index in [1.807, 2.05) is 0 Å². The summed E-state index contributed by atoms with van der Waals surface area (Å²) in [5.41, 5.74) is 0.514. The van der Waals surface area contributed by atoms with Gasteiger partial charge in [0.2, 0.25) is 0 Å². The zero-order valence-corrected chi connectivity index (χ0v) is 29.2. The highest BCUT2D eigenvalue weighted by Crippen LogP contribution is 2.74. The van der Waals surface area contributed by atoms with Crippen molar-refractivity contribution < 1.29 is 33.8 Å². The molecule has 0 saturated heterocycles. The number of allylic oxidation sites excluding steroid dienone is 2. The van der Waals surface area contributed by atoms with Gasteiger partial charge < -0.3 is 19.9 Å². The lowest BCUT2D eigenvalue weighted by Crippen LogP contribution is -2.66. The number of methoxy groups -OCH3 is 1. The van der Waals surface area contributed by atoms with Crippen molar-refractivity contribution in [1.29, 1.82) is 0 Å². The summed E-state index contributed by atoms with van der Waals surface area (Å²) in [5, 5.41) is 13.1. The van der Waals surface area contributed by atoms with Crippen molar-refractivity contribution in [2.75, 3.05) is 13.7 Å². The summed E-state index contributed by atoms with van der Waals surface area (Å²) in [4.78, 5) is 51.8. The lowest BCUT2D eigenvalue weighted by molar-refractivity contribution is -0.201. The molecular weight excluding hydrogens is 594 g/mol. The molecule has 0 bridgehead atoms. The average Bonchev–Trinajstić information content (AvgIpc) is 3.02. The molecule has 0 aliphatic heterocycles. The first-order valence-corrected chi connectivity index (χ1v) is 17.6. The maximum Gasteiger partial charge on any atom is 0.339 e. The van der Waals surface area contributed by atoms with Crippen LogP contribution in [0.5, 0.6) is 0 Å². The number of esters is 2. The standard InChI is InChI=1S/C39H53NO7/c1-35(2)29-13-17-39(6)32(37(29,4)16-14-30(35)47-34(45)25-11-9-8-10-24(25)33(43)44)28(41)21-27-26-20-23(40-22-31(42)46-7)12-15-36(26,3)18-19-38(27,39)5/h8-11,21,23,26,29-30,32,40H,12-20,22H2,1-7H3,(H,43,44)/t23-,26?,29?,30-,32?,36+,37-,38+,39+/m0/s1. The fourth-order valence-corrected chi connectivity index (χ4v) is 11.7. The first-order valence-electron chi connectivity index (χ1n) is 17.6. The van der Waals surface area contributed by atoms with Gasteiger partial charge in [-0.1, -0.05) is 59.2 Å². The molecule has 6 rings (SSSR count). The number of carbonyl (C=O) groups is 4. The van der Waals surface area contributed by atoms with E-state index in [9.17, 15) is 24.3 Å². The van der Waals surface area contributed by atoms with E-state index in [0.29, 0.717) is 6.42 Å². The Hall–Kier alpha value is -3.00. The van der Waals surface area contributed by atoms with Gasteiger partial charge in [0.1, 0.15) is 6.10 Å². The maximum atomic E-state index is 14.7. The van der Waals surface area contributed by atoms with E-state index in [-0.39, 0.29) is 81.0 Å².